The minimum Gasteiger partial charge on any atom is -0.381 e. The van der Waals surface area contributed by atoms with Gasteiger partial charge in [-0.1, -0.05) is 41.9 Å². The number of benzene rings is 1. The van der Waals surface area contributed by atoms with Crippen LogP contribution in [-0.4, -0.2) is 39.9 Å². The number of rotatable bonds is 3. The molecule has 1 saturated heterocycles. The van der Waals surface area contributed by atoms with E-state index >= 15 is 0 Å². The van der Waals surface area contributed by atoms with Gasteiger partial charge in [0.05, 0.1) is 0 Å². The molecular weight excluding hydrogens is 316 g/mol. The maximum Gasteiger partial charge on any atom is 0.273 e. The number of H-pyrrole nitrogens is 1. The fourth-order valence-electron chi connectivity index (χ4n) is 2.86. The molecule has 1 amide bonds. The Kier molecular flexibility index (Phi) is 4.34. The van der Waals surface area contributed by atoms with Crippen LogP contribution in [0.25, 0.3) is 0 Å². The van der Waals surface area contributed by atoms with Crippen molar-refractivity contribution in [2.24, 2.45) is 5.92 Å². The van der Waals surface area contributed by atoms with Gasteiger partial charge in [0.25, 0.3) is 5.91 Å². The average Bonchev–Trinajstić information content (AvgIpc) is 2.93. The highest BCUT2D eigenvalue weighted by molar-refractivity contribution is 6.35. The number of ketones is 1. The van der Waals surface area contributed by atoms with Crippen molar-refractivity contribution in [1.82, 2.24) is 15.1 Å². The molecule has 120 valence electrons. The van der Waals surface area contributed by atoms with Gasteiger partial charge >= 0.3 is 0 Å². The van der Waals surface area contributed by atoms with Gasteiger partial charge in [-0.05, 0) is 12.8 Å². The first kappa shape index (κ1) is 15.6. The fourth-order valence-corrected chi connectivity index (χ4v) is 3.02. The van der Waals surface area contributed by atoms with Gasteiger partial charge < -0.3 is 10.6 Å². The van der Waals surface area contributed by atoms with E-state index in [1.807, 2.05) is 18.2 Å². The van der Waals surface area contributed by atoms with E-state index in [1.165, 1.54) is 0 Å². The Morgan fingerprint density at radius 1 is 1.30 bits per heavy atom. The smallest absolute Gasteiger partial charge is 0.273 e. The van der Waals surface area contributed by atoms with Crippen LogP contribution in [0.4, 0.5) is 5.82 Å². The number of amides is 1. The predicted molar refractivity (Wildman–Crippen MR) is 87.4 cm³/mol. The molecule has 0 spiro atoms. The quantitative estimate of drug-likeness (QED) is 0.844. The second-order valence-electron chi connectivity index (χ2n) is 5.62. The molecule has 3 rings (SSSR count). The Labute approximate surface area is 138 Å². The maximum absolute atomic E-state index is 12.6. The predicted octanol–water partition coefficient (Wildman–Crippen LogP) is 2.38. The lowest BCUT2D eigenvalue weighted by atomic mass is 9.90. The number of Topliss-reactive ketones (excluding diaryl/α,β-unsaturated/α-hetero) is 1. The zero-order chi connectivity index (χ0) is 16.4. The van der Waals surface area contributed by atoms with E-state index < -0.39 is 0 Å². The highest BCUT2D eigenvalue weighted by atomic mass is 35.5. The molecule has 7 heteroatoms. The number of likely N-dealkylation sites (tertiary alicyclic amines) is 1. The summed E-state index contributed by atoms with van der Waals surface area (Å²) in [5.41, 5.74) is 6.41. The Morgan fingerprint density at radius 2 is 2.04 bits per heavy atom. The molecule has 1 fully saturated rings. The number of nitrogens with two attached hydrogens (primary N) is 1. The highest BCUT2D eigenvalue weighted by Gasteiger charge is 2.31. The molecule has 1 atom stereocenters. The second-order valence-corrected chi connectivity index (χ2v) is 6.00. The summed E-state index contributed by atoms with van der Waals surface area (Å²) >= 11 is 5.98. The second kappa shape index (κ2) is 6.42. The monoisotopic (exact) mass is 332 g/mol. The van der Waals surface area contributed by atoms with Gasteiger partial charge in [-0.15, -0.1) is 0 Å². The summed E-state index contributed by atoms with van der Waals surface area (Å²) in [7, 11) is 0. The van der Waals surface area contributed by atoms with Crippen molar-refractivity contribution in [2.45, 2.75) is 12.8 Å². The number of carbonyl (C=O) groups excluding carboxylic acids is 2. The largest absolute Gasteiger partial charge is 0.381 e. The van der Waals surface area contributed by atoms with Gasteiger partial charge in [0.2, 0.25) is 0 Å². The van der Waals surface area contributed by atoms with E-state index in [4.69, 9.17) is 17.3 Å². The van der Waals surface area contributed by atoms with E-state index in [1.54, 1.807) is 17.0 Å². The van der Waals surface area contributed by atoms with Crippen LogP contribution in [0.3, 0.4) is 0 Å². The summed E-state index contributed by atoms with van der Waals surface area (Å²) in [5.74, 6) is -0.304. The van der Waals surface area contributed by atoms with Gasteiger partial charge in [-0.2, -0.15) is 5.10 Å². The molecule has 6 nitrogen and oxygen atoms in total. The molecule has 1 aliphatic rings. The summed E-state index contributed by atoms with van der Waals surface area (Å²) in [5, 5.41) is 6.43. The van der Waals surface area contributed by atoms with Crippen LogP contribution in [0, 0.1) is 5.92 Å². The van der Waals surface area contributed by atoms with Crippen molar-refractivity contribution in [2.75, 3.05) is 18.8 Å². The highest BCUT2D eigenvalue weighted by Crippen LogP contribution is 2.25. The third-order valence-corrected chi connectivity index (χ3v) is 4.47. The molecule has 2 heterocycles. The molecule has 1 aliphatic heterocycles. The van der Waals surface area contributed by atoms with Crippen molar-refractivity contribution in [3.8, 4) is 0 Å². The number of nitrogens with one attached hydrogen (secondary N) is 1. The van der Waals surface area contributed by atoms with Crippen molar-refractivity contribution < 1.29 is 9.59 Å². The number of carbonyl (C=O) groups is 2. The number of hydrogen-bond acceptors (Lipinski definition) is 4. The van der Waals surface area contributed by atoms with Gasteiger partial charge in [0.1, 0.15) is 10.7 Å². The number of nitrogen functional groups attached to an aromatic ring is 1. The van der Waals surface area contributed by atoms with Crippen molar-refractivity contribution in [3.63, 3.8) is 0 Å². The lowest BCUT2D eigenvalue weighted by Gasteiger charge is -2.31. The molecule has 2 aromatic rings. The Morgan fingerprint density at radius 3 is 2.70 bits per heavy atom. The van der Waals surface area contributed by atoms with E-state index in [0.29, 0.717) is 18.7 Å². The summed E-state index contributed by atoms with van der Waals surface area (Å²) in [4.78, 5) is 26.7. The molecule has 0 saturated carbocycles. The zero-order valence-electron chi connectivity index (χ0n) is 12.5. The molecule has 3 N–H and O–H groups in total. The molecule has 0 bridgehead atoms. The van der Waals surface area contributed by atoms with E-state index in [2.05, 4.69) is 10.2 Å². The standard InChI is InChI=1S/C16H17ClN4O2/c17-12-13(19-20-15(12)18)16(23)21-8-4-7-11(9-21)14(22)10-5-2-1-3-6-10/h1-3,5-6,11H,4,7-9H2,(H3,18,19,20). The maximum atomic E-state index is 12.6. The molecule has 23 heavy (non-hydrogen) atoms. The zero-order valence-corrected chi connectivity index (χ0v) is 13.2. The first-order valence-corrected chi connectivity index (χ1v) is 7.83. The molecule has 1 aromatic heterocycles. The summed E-state index contributed by atoms with van der Waals surface area (Å²) < 4.78 is 0. The van der Waals surface area contributed by atoms with Gasteiger partial charge in [-0.3, -0.25) is 14.7 Å². The van der Waals surface area contributed by atoms with Crippen LogP contribution < -0.4 is 5.73 Å². The minimum absolute atomic E-state index is 0.0679. The number of aromatic nitrogens is 2. The molecule has 1 aromatic carbocycles. The van der Waals surface area contributed by atoms with Gasteiger partial charge in [0, 0.05) is 24.6 Å². The lowest BCUT2D eigenvalue weighted by molar-refractivity contribution is 0.0632. The Balaban J connectivity index is 1.75. The third-order valence-electron chi connectivity index (χ3n) is 4.08. The van der Waals surface area contributed by atoms with Crippen molar-refractivity contribution in [3.05, 3.63) is 46.6 Å². The first-order chi connectivity index (χ1) is 11.1. The fraction of sp³-hybridized carbons (Fsp3) is 0.312. The number of halogens is 1. The van der Waals surface area contributed by atoms with E-state index in [9.17, 15) is 9.59 Å². The summed E-state index contributed by atoms with van der Waals surface area (Å²) in [6, 6.07) is 9.15. The number of hydrogen-bond donors (Lipinski definition) is 2. The summed E-state index contributed by atoms with van der Waals surface area (Å²) in [6.07, 6.45) is 1.55. The first-order valence-electron chi connectivity index (χ1n) is 7.46. The normalized spacial score (nSPS) is 18.0. The lowest BCUT2D eigenvalue weighted by Crippen LogP contribution is -2.42. The topological polar surface area (TPSA) is 92.1 Å². The summed E-state index contributed by atoms with van der Waals surface area (Å²) in [6.45, 7) is 0.967. The van der Waals surface area contributed by atoms with Crippen LogP contribution in [-0.2, 0) is 0 Å². The third kappa shape index (κ3) is 3.07. The molecular formula is C16H17ClN4O2. The number of anilines is 1. The van der Waals surface area contributed by atoms with Gasteiger partial charge in [0.15, 0.2) is 11.6 Å². The van der Waals surface area contributed by atoms with Crippen LogP contribution in [0.5, 0.6) is 0 Å². The van der Waals surface area contributed by atoms with Crippen molar-refractivity contribution >= 4 is 29.1 Å². The van der Waals surface area contributed by atoms with E-state index in [0.717, 1.165) is 12.8 Å². The molecule has 0 radical (unpaired) electrons. The van der Waals surface area contributed by atoms with Crippen molar-refractivity contribution in [1.29, 1.82) is 0 Å². The average molecular weight is 333 g/mol. The minimum atomic E-state index is -0.273. The SMILES string of the molecule is Nc1n[nH]c(C(=O)N2CCCC(C(=O)c3ccccc3)C2)c1Cl. The Bertz CT molecular complexity index is 729. The number of aromatic amines is 1. The van der Waals surface area contributed by atoms with Gasteiger partial charge in [-0.25, -0.2) is 0 Å². The number of piperidine rings is 1. The van der Waals surface area contributed by atoms with Crippen LogP contribution in [0.2, 0.25) is 5.02 Å². The number of nitrogens with zero attached hydrogens (tertiary/aromatic N) is 2. The van der Waals surface area contributed by atoms with Crippen LogP contribution in [0.15, 0.2) is 30.3 Å². The van der Waals surface area contributed by atoms with E-state index in [-0.39, 0.29) is 34.1 Å². The van der Waals surface area contributed by atoms with Crippen LogP contribution >= 0.6 is 11.6 Å². The van der Waals surface area contributed by atoms with Crippen LogP contribution in [0.1, 0.15) is 33.7 Å². The Hall–Kier alpha value is -2.34. The molecule has 1 unspecified atom stereocenters. The molecule has 0 aliphatic carbocycles.